The SMILES string of the molecule is C=N/C=N\C(=NC)NC(C)CCc1ccsc1C. The standard InChI is InChI=1S/C13H20N4S/c1-10(17-13(15-4)16-9-14-3)5-6-12-7-8-18-11(12)2/h7-10H,3,5-6H2,1-2,4H3,(H,15,17)/b16-9-. The van der Waals surface area contributed by atoms with Gasteiger partial charge in [0.15, 0.2) is 0 Å². The van der Waals surface area contributed by atoms with E-state index in [-0.39, 0.29) is 0 Å². The summed E-state index contributed by atoms with van der Waals surface area (Å²) in [4.78, 5) is 13.1. The second kappa shape index (κ2) is 7.76. The van der Waals surface area contributed by atoms with Crippen LogP contribution in [0.1, 0.15) is 23.8 Å². The first-order valence-corrected chi connectivity index (χ1v) is 6.80. The zero-order valence-corrected chi connectivity index (χ0v) is 12.0. The van der Waals surface area contributed by atoms with Gasteiger partial charge in [-0.1, -0.05) is 0 Å². The number of thiophene rings is 1. The summed E-state index contributed by atoms with van der Waals surface area (Å²) in [6.45, 7) is 7.64. The Bertz CT molecular complexity index is 434. The largest absolute Gasteiger partial charge is 0.352 e. The Kier molecular flexibility index (Phi) is 6.28. The van der Waals surface area contributed by atoms with Crippen LogP contribution in [0.25, 0.3) is 0 Å². The highest BCUT2D eigenvalue weighted by atomic mass is 32.1. The molecule has 1 N–H and O–H groups in total. The number of aliphatic imine (C=N–C) groups is 3. The van der Waals surface area contributed by atoms with Gasteiger partial charge in [-0.25, -0.2) is 4.99 Å². The number of rotatable bonds is 5. The Balaban J connectivity index is 2.41. The summed E-state index contributed by atoms with van der Waals surface area (Å²) in [5.74, 6) is 0.594. The van der Waals surface area contributed by atoms with Crippen LogP contribution in [-0.2, 0) is 6.42 Å². The molecule has 0 radical (unpaired) electrons. The van der Waals surface area contributed by atoms with Crippen molar-refractivity contribution in [3.8, 4) is 0 Å². The van der Waals surface area contributed by atoms with E-state index >= 15 is 0 Å². The predicted octanol–water partition coefficient (Wildman–Crippen LogP) is 2.68. The molecule has 18 heavy (non-hydrogen) atoms. The molecule has 0 fully saturated rings. The maximum Gasteiger partial charge on any atom is 0.219 e. The van der Waals surface area contributed by atoms with Gasteiger partial charge in [0.25, 0.3) is 0 Å². The van der Waals surface area contributed by atoms with Crippen molar-refractivity contribution >= 4 is 30.4 Å². The van der Waals surface area contributed by atoms with Gasteiger partial charge in [-0.05, 0) is 50.4 Å². The molecule has 0 bridgehead atoms. The van der Waals surface area contributed by atoms with Gasteiger partial charge in [-0.2, -0.15) is 0 Å². The first kappa shape index (κ1) is 14.6. The van der Waals surface area contributed by atoms with Gasteiger partial charge in [0.1, 0.15) is 6.34 Å². The minimum Gasteiger partial charge on any atom is -0.352 e. The summed E-state index contributed by atoms with van der Waals surface area (Å²) in [6, 6.07) is 2.52. The Morgan fingerprint density at radius 1 is 1.61 bits per heavy atom. The van der Waals surface area contributed by atoms with Crippen molar-refractivity contribution in [1.82, 2.24) is 5.32 Å². The lowest BCUT2D eigenvalue weighted by Gasteiger charge is -2.13. The summed E-state index contributed by atoms with van der Waals surface area (Å²) in [6.07, 6.45) is 3.52. The van der Waals surface area contributed by atoms with Crippen LogP contribution in [0.15, 0.2) is 26.4 Å². The van der Waals surface area contributed by atoms with Crippen molar-refractivity contribution in [2.24, 2.45) is 15.0 Å². The molecule has 98 valence electrons. The summed E-state index contributed by atoms with van der Waals surface area (Å²) in [5, 5.41) is 5.39. The molecule has 0 amide bonds. The van der Waals surface area contributed by atoms with E-state index in [1.54, 1.807) is 18.4 Å². The molecule has 0 aliphatic heterocycles. The topological polar surface area (TPSA) is 49.1 Å². The number of aryl methyl sites for hydroxylation is 2. The third-order valence-corrected chi connectivity index (χ3v) is 3.55. The highest BCUT2D eigenvalue weighted by Gasteiger charge is 2.06. The van der Waals surface area contributed by atoms with Crippen molar-refractivity contribution in [1.29, 1.82) is 0 Å². The smallest absolute Gasteiger partial charge is 0.219 e. The lowest BCUT2D eigenvalue weighted by molar-refractivity contribution is 0.603. The Morgan fingerprint density at radius 3 is 2.94 bits per heavy atom. The molecule has 1 rings (SSSR count). The highest BCUT2D eigenvalue weighted by molar-refractivity contribution is 7.10. The fourth-order valence-corrected chi connectivity index (χ4v) is 2.35. The first-order valence-electron chi connectivity index (χ1n) is 5.92. The zero-order chi connectivity index (χ0) is 13.4. The molecule has 0 aromatic carbocycles. The first-order chi connectivity index (χ1) is 8.67. The molecule has 4 nitrogen and oxygen atoms in total. The molecule has 1 unspecified atom stereocenters. The number of nitrogens with one attached hydrogen (secondary N) is 1. The van der Waals surface area contributed by atoms with Gasteiger partial charge < -0.3 is 5.32 Å². The number of hydrogen-bond donors (Lipinski definition) is 1. The van der Waals surface area contributed by atoms with Crippen molar-refractivity contribution in [2.45, 2.75) is 32.7 Å². The van der Waals surface area contributed by atoms with E-state index in [1.807, 2.05) is 0 Å². The minimum atomic E-state index is 0.324. The molecular weight excluding hydrogens is 244 g/mol. The molecule has 1 heterocycles. The van der Waals surface area contributed by atoms with Crippen LogP contribution < -0.4 is 5.32 Å². The number of guanidine groups is 1. The predicted molar refractivity (Wildman–Crippen MR) is 81.4 cm³/mol. The van der Waals surface area contributed by atoms with Crippen LogP contribution in [0.4, 0.5) is 0 Å². The lowest BCUT2D eigenvalue weighted by Crippen LogP contribution is -2.31. The maximum atomic E-state index is 4.05. The maximum absolute atomic E-state index is 4.05. The van der Waals surface area contributed by atoms with Gasteiger partial charge in [-0.3, -0.25) is 9.98 Å². The van der Waals surface area contributed by atoms with E-state index < -0.39 is 0 Å². The van der Waals surface area contributed by atoms with Gasteiger partial charge in [0.2, 0.25) is 5.96 Å². The molecule has 0 aliphatic carbocycles. The average molecular weight is 264 g/mol. The normalized spacial score (nSPS) is 13.8. The summed E-state index contributed by atoms with van der Waals surface area (Å²) < 4.78 is 0. The summed E-state index contributed by atoms with van der Waals surface area (Å²) >= 11 is 1.80. The van der Waals surface area contributed by atoms with Crippen LogP contribution in [0, 0.1) is 6.92 Å². The lowest BCUT2D eigenvalue weighted by atomic mass is 10.1. The van der Waals surface area contributed by atoms with Crippen LogP contribution in [0.3, 0.4) is 0 Å². The molecule has 1 atom stereocenters. The fourth-order valence-electron chi connectivity index (χ4n) is 1.59. The van der Waals surface area contributed by atoms with Crippen molar-refractivity contribution in [3.05, 3.63) is 21.9 Å². The summed E-state index contributed by atoms with van der Waals surface area (Å²) in [5.41, 5.74) is 1.43. The Morgan fingerprint density at radius 2 is 2.39 bits per heavy atom. The van der Waals surface area contributed by atoms with Crippen molar-refractivity contribution in [2.75, 3.05) is 7.05 Å². The van der Waals surface area contributed by atoms with Crippen molar-refractivity contribution < 1.29 is 0 Å². The van der Waals surface area contributed by atoms with Gasteiger partial charge >= 0.3 is 0 Å². The average Bonchev–Trinajstić information content (AvgIpc) is 2.77. The van der Waals surface area contributed by atoms with E-state index in [0.717, 1.165) is 12.8 Å². The van der Waals surface area contributed by atoms with E-state index in [0.29, 0.717) is 12.0 Å². The van der Waals surface area contributed by atoms with E-state index in [2.05, 4.69) is 52.3 Å². The third-order valence-electron chi connectivity index (χ3n) is 2.66. The van der Waals surface area contributed by atoms with Gasteiger partial charge in [-0.15, -0.1) is 11.3 Å². The van der Waals surface area contributed by atoms with Crippen LogP contribution in [0.2, 0.25) is 0 Å². The van der Waals surface area contributed by atoms with E-state index in [1.165, 1.54) is 16.8 Å². The minimum absolute atomic E-state index is 0.324. The van der Waals surface area contributed by atoms with Gasteiger partial charge in [0, 0.05) is 18.0 Å². The molecule has 0 aliphatic rings. The third kappa shape index (κ3) is 4.79. The Hall–Kier alpha value is -1.49. The van der Waals surface area contributed by atoms with Crippen LogP contribution in [0.5, 0.6) is 0 Å². The van der Waals surface area contributed by atoms with Crippen LogP contribution >= 0.6 is 11.3 Å². The summed E-state index contributed by atoms with van der Waals surface area (Å²) in [7, 11) is 1.71. The Labute approximate surface area is 113 Å². The monoisotopic (exact) mass is 264 g/mol. The highest BCUT2D eigenvalue weighted by Crippen LogP contribution is 2.17. The number of nitrogens with zero attached hydrogens (tertiary/aromatic N) is 3. The van der Waals surface area contributed by atoms with Crippen LogP contribution in [-0.4, -0.2) is 32.1 Å². The molecule has 5 heteroatoms. The quantitative estimate of drug-likeness (QED) is 0.645. The van der Waals surface area contributed by atoms with E-state index in [9.17, 15) is 0 Å². The second-order valence-corrected chi connectivity index (χ2v) is 5.18. The molecule has 1 aromatic rings. The molecule has 0 spiro atoms. The zero-order valence-electron chi connectivity index (χ0n) is 11.2. The number of hydrogen-bond acceptors (Lipinski definition) is 2. The second-order valence-electron chi connectivity index (χ2n) is 4.06. The van der Waals surface area contributed by atoms with Gasteiger partial charge in [0.05, 0.1) is 0 Å². The molecule has 0 saturated carbocycles. The fraction of sp³-hybridized carbons (Fsp3) is 0.462. The molecule has 0 saturated heterocycles. The molecule has 1 aromatic heterocycles. The molecular formula is C13H20N4S. The van der Waals surface area contributed by atoms with Crippen molar-refractivity contribution in [3.63, 3.8) is 0 Å². The van der Waals surface area contributed by atoms with E-state index in [4.69, 9.17) is 0 Å².